The monoisotopic (exact) mass is 296 g/mol. The smallest absolute Gasteiger partial charge is 0.166 e. The first kappa shape index (κ1) is 10.4. The van der Waals surface area contributed by atoms with Crippen LogP contribution in [-0.4, -0.2) is 0 Å². The van der Waals surface area contributed by atoms with Crippen molar-refractivity contribution in [1.29, 1.82) is 0 Å². The molecule has 0 saturated heterocycles. The van der Waals surface area contributed by atoms with Crippen molar-refractivity contribution in [2.24, 2.45) is 0 Å². The molecule has 0 aromatic heterocycles. The molecular weight excluding hydrogens is 292 g/mol. The van der Waals surface area contributed by atoms with E-state index in [1.807, 2.05) is 5.92 Å². The van der Waals surface area contributed by atoms with E-state index in [1.54, 1.807) is 28.7 Å². The summed E-state index contributed by atoms with van der Waals surface area (Å²) in [4.78, 5) is 0. The number of hydrogen-bond acceptors (Lipinski definition) is 0. The van der Waals surface area contributed by atoms with Gasteiger partial charge in [-0.1, -0.05) is 12.0 Å². The van der Waals surface area contributed by atoms with Crippen molar-refractivity contribution < 1.29 is 13.2 Å². The maximum atomic E-state index is 12.3. The second kappa shape index (κ2) is 3.58. The van der Waals surface area contributed by atoms with Gasteiger partial charge >= 0.3 is 6.18 Å². The van der Waals surface area contributed by atoms with Gasteiger partial charge in [0.05, 0.1) is 5.56 Å². The Morgan fingerprint density at radius 2 is 1.92 bits per heavy atom. The third kappa shape index (κ3) is 2.15. The first-order chi connectivity index (χ1) is 5.96. The van der Waals surface area contributed by atoms with E-state index in [9.17, 15) is 13.2 Å². The summed E-state index contributed by atoms with van der Waals surface area (Å²) >= 11 is 1.78. The van der Waals surface area contributed by atoms with Crippen LogP contribution in [0.25, 0.3) is 0 Å². The molecule has 0 saturated carbocycles. The minimum Gasteiger partial charge on any atom is -0.166 e. The molecule has 0 bridgehead atoms. The average Bonchev–Trinajstić information content (AvgIpc) is 2.02. The largest absolute Gasteiger partial charge is 0.417 e. The molecular formula is C9H4F3I. The molecule has 0 amide bonds. The van der Waals surface area contributed by atoms with Crippen molar-refractivity contribution in [3.8, 4) is 12.3 Å². The van der Waals surface area contributed by atoms with Crippen LogP contribution >= 0.6 is 22.6 Å². The molecule has 68 valence electrons. The van der Waals surface area contributed by atoms with Crippen LogP contribution in [0.5, 0.6) is 0 Å². The molecule has 0 fully saturated rings. The van der Waals surface area contributed by atoms with E-state index >= 15 is 0 Å². The molecule has 1 rings (SSSR count). The van der Waals surface area contributed by atoms with Crippen LogP contribution in [0.15, 0.2) is 18.2 Å². The first-order valence-corrected chi connectivity index (χ1v) is 4.37. The van der Waals surface area contributed by atoms with Crippen LogP contribution in [0.4, 0.5) is 13.2 Å². The number of benzene rings is 1. The van der Waals surface area contributed by atoms with Gasteiger partial charge in [0, 0.05) is 9.13 Å². The van der Waals surface area contributed by atoms with E-state index in [4.69, 9.17) is 6.42 Å². The topological polar surface area (TPSA) is 0 Å². The fraction of sp³-hybridized carbons (Fsp3) is 0.111. The molecule has 0 spiro atoms. The van der Waals surface area contributed by atoms with Crippen LogP contribution < -0.4 is 0 Å². The van der Waals surface area contributed by atoms with E-state index in [0.29, 0.717) is 3.57 Å². The highest BCUT2D eigenvalue weighted by atomic mass is 127. The quantitative estimate of drug-likeness (QED) is 0.509. The highest BCUT2D eigenvalue weighted by Crippen LogP contribution is 2.33. The van der Waals surface area contributed by atoms with Gasteiger partial charge in [0.2, 0.25) is 0 Å². The fourth-order valence-corrected chi connectivity index (χ4v) is 1.56. The van der Waals surface area contributed by atoms with E-state index in [2.05, 4.69) is 0 Å². The van der Waals surface area contributed by atoms with Crippen LogP contribution in [0, 0.1) is 15.9 Å². The standard InChI is InChI=1S/C9H4F3I/c1-2-6-7(9(10,11)12)4-3-5-8(6)13/h1,3-5H. The second-order valence-electron chi connectivity index (χ2n) is 2.30. The molecule has 0 aliphatic carbocycles. The lowest BCUT2D eigenvalue weighted by atomic mass is 10.1. The SMILES string of the molecule is C#Cc1c(I)cccc1C(F)(F)F. The number of hydrogen-bond donors (Lipinski definition) is 0. The van der Waals surface area contributed by atoms with Gasteiger partial charge in [0.25, 0.3) is 0 Å². The predicted octanol–water partition coefficient (Wildman–Crippen LogP) is 3.29. The van der Waals surface area contributed by atoms with E-state index < -0.39 is 11.7 Å². The van der Waals surface area contributed by atoms with Crippen molar-refractivity contribution >= 4 is 22.6 Å². The summed E-state index contributed by atoms with van der Waals surface area (Å²) in [6, 6.07) is 3.87. The second-order valence-corrected chi connectivity index (χ2v) is 3.47. The lowest BCUT2D eigenvalue weighted by Crippen LogP contribution is -2.08. The lowest BCUT2D eigenvalue weighted by molar-refractivity contribution is -0.137. The molecule has 0 N–H and O–H groups in total. The van der Waals surface area contributed by atoms with E-state index in [-0.39, 0.29) is 5.56 Å². The lowest BCUT2D eigenvalue weighted by Gasteiger charge is -2.09. The van der Waals surface area contributed by atoms with Gasteiger partial charge in [-0.05, 0) is 34.7 Å². The Balaban J connectivity index is 3.40. The Kier molecular flexibility index (Phi) is 2.86. The van der Waals surface area contributed by atoms with Crippen LogP contribution in [0.3, 0.4) is 0 Å². The Morgan fingerprint density at radius 3 is 2.31 bits per heavy atom. The molecule has 0 radical (unpaired) electrons. The normalized spacial score (nSPS) is 11.0. The molecule has 1 aromatic carbocycles. The molecule has 0 aliphatic heterocycles. The first-order valence-electron chi connectivity index (χ1n) is 3.29. The molecule has 1 aromatic rings. The van der Waals surface area contributed by atoms with Crippen molar-refractivity contribution in [1.82, 2.24) is 0 Å². The Bertz CT molecular complexity index is 360. The van der Waals surface area contributed by atoms with Crippen LogP contribution in [0.2, 0.25) is 0 Å². The molecule has 0 unspecified atom stereocenters. The summed E-state index contributed by atoms with van der Waals surface area (Å²) in [6.45, 7) is 0. The molecule has 0 heterocycles. The summed E-state index contributed by atoms with van der Waals surface area (Å²) in [5.74, 6) is 2.04. The van der Waals surface area contributed by atoms with Gasteiger partial charge < -0.3 is 0 Å². The summed E-state index contributed by atoms with van der Waals surface area (Å²) in [7, 11) is 0. The minimum atomic E-state index is -4.37. The zero-order chi connectivity index (χ0) is 10.1. The minimum absolute atomic E-state index is 0.0874. The van der Waals surface area contributed by atoms with Gasteiger partial charge in [-0.15, -0.1) is 6.42 Å². The zero-order valence-electron chi connectivity index (χ0n) is 6.32. The van der Waals surface area contributed by atoms with Crippen molar-refractivity contribution in [2.75, 3.05) is 0 Å². The van der Waals surface area contributed by atoms with Crippen LogP contribution in [0.1, 0.15) is 11.1 Å². The van der Waals surface area contributed by atoms with Gasteiger partial charge in [0.1, 0.15) is 0 Å². The molecule has 4 heteroatoms. The van der Waals surface area contributed by atoms with Gasteiger partial charge in [-0.25, -0.2) is 0 Å². The van der Waals surface area contributed by atoms with E-state index in [0.717, 1.165) is 6.07 Å². The third-order valence-electron chi connectivity index (χ3n) is 1.46. The van der Waals surface area contributed by atoms with Crippen molar-refractivity contribution in [3.05, 3.63) is 32.9 Å². The number of rotatable bonds is 0. The van der Waals surface area contributed by atoms with Gasteiger partial charge in [-0.3, -0.25) is 0 Å². The van der Waals surface area contributed by atoms with E-state index in [1.165, 1.54) is 6.07 Å². The fourth-order valence-electron chi connectivity index (χ4n) is 0.907. The van der Waals surface area contributed by atoms with Gasteiger partial charge in [0.15, 0.2) is 0 Å². The molecule has 0 aliphatic rings. The zero-order valence-corrected chi connectivity index (χ0v) is 8.48. The Labute approximate surface area is 87.3 Å². The van der Waals surface area contributed by atoms with Crippen molar-refractivity contribution in [3.63, 3.8) is 0 Å². The molecule has 0 nitrogen and oxygen atoms in total. The maximum absolute atomic E-state index is 12.3. The van der Waals surface area contributed by atoms with Crippen LogP contribution in [-0.2, 0) is 6.18 Å². The predicted molar refractivity (Wildman–Crippen MR) is 52.1 cm³/mol. The molecule has 13 heavy (non-hydrogen) atoms. The highest BCUT2D eigenvalue weighted by Gasteiger charge is 2.33. The van der Waals surface area contributed by atoms with Gasteiger partial charge in [-0.2, -0.15) is 13.2 Å². The Morgan fingerprint density at radius 1 is 1.31 bits per heavy atom. The number of alkyl halides is 3. The third-order valence-corrected chi connectivity index (χ3v) is 2.36. The Hall–Kier alpha value is -0.700. The highest BCUT2D eigenvalue weighted by molar-refractivity contribution is 14.1. The summed E-state index contributed by atoms with van der Waals surface area (Å²) in [6.07, 6.45) is 0.621. The number of halogens is 4. The average molecular weight is 296 g/mol. The summed E-state index contributed by atoms with van der Waals surface area (Å²) < 4.78 is 37.4. The van der Waals surface area contributed by atoms with Crippen molar-refractivity contribution in [2.45, 2.75) is 6.18 Å². The summed E-state index contributed by atoms with van der Waals surface area (Å²) in [5.41, 5.74) is -0.836. The maximum Gasteiger partial charge on any atom is 0.417 e. The summed E-state index contributed by atoms with van der Waals surface area (Å²) in [5, 5.41) is 0. The number of terminal acetylenes is 1. The molecule has 0 atom stereocenters.